The third kappa shape index (κ3) is 6.43. The molecule has 1 fully saturated rings. The van der Waals surface area contributed by atoms with E-state index >= 15 is 0 Å². The Morgan fingerprint density at radius 2 is 2.19 bits per heavy atom. The Hall–Kier alpha value is -1.15. The largest absolute Gasteiger partial charge is 0.378 e. The number of carbonyl (C=O) groups is 2. The lowest BCUT2D eigenvalue weighted by molar-refractivity contribution is -0.122. The van der Waals surface area contributed by atoms with Gasteiger partial charge >= 0.3 is 0 Å². The second-order valence-electron chi connectivity index (χ2n) is 4.51. The maximum absolute atomic E-state index is 11.7. The van der Waals surface area contributed by atoms with Gasteiger partial charge in [0.25, 0.3) is 5.91 Å². The Morgan fingerprint density at radius 1 is 1.38 bits per heavy atom. The van der Waals surface area contributed by atoms with E-state index in [-0.39, 0.29) is 30.3 Å². The summed E-state index contributed by atoms with van der Waals surface area (Å²) in [6, 6.07) is 3.69. The molecule has 0 radical (unpaired) electrons. The lowest BCUT2D eigenvalue weighted by Crippen LogP contribution is -2.45. The Kier molecular flexibility index (Phi) is 8.29. The first-order valence-corrected chi connectivity index (χ1v) is 7.53. The first-order chi connectivity index (χ1) is 9.75. The minimum Gasteiger partial charge on any atom is -0.378 e. The van der Waals surface area contributed by atoms with E-state index in [1.54, 1.807) is 6.07 Å². The highest BCUT2D eigenvalue weighted by Gasteiger charge is 2.16. The number of thiophene rings is 1. The van der Waals surface area contributed by atoms with Crippen molar-refractivity contribution in [2.24, 2.45) is 0 Å². The van der Waals surface area contributed by atoms with Crippen molar-refractivity contribution in [2.45, 2.75) is 12.5 Å². The highest BCUT2D eigenvalue weighted by atomic mass is 35.5. The molecule has 8 heteroatoms. The molecule has 2 amide bonds. The first kappa shape index (κ1) is 17.9. The summed E-state index contributed by atoms with van der Waals surface area (Å²) in [6.45, 7) is 2.92. The number of hydrogen-bond donors (Lipinski definition) is 3. The van der Waals surface area contributed by atoms with Gasteiger partial charge in [-0.2, -0.15) is 0 Å². The van der Waals surface area contributed by atoms with Crippen molar-refractivity contribution in [2.75, 3.05) is 32.8 Å². The average Bonchev–Trinajstić information content (AvgIpc) is 2.99. The van der Waals surface area contributed by atoms with Gasteiger partial charge in [0, 0.05) is 32.1 Å². The number of ether oxygens (including phenoxy) is 1. The molecule has 1 aromatic heterocycles. The summed E-state index contributed by atoms with van der Waals surface area (Å²) < 4.78 is 5.28. The van der Waals surface area contributed by atoms with Crippen molar-refractivity contribution in [3.05, 3.63) is 22.4 Å². The summed E-state index contributed by atoms with van der Waals surface area (Å²) in [6.07, 6.45) is 0.402. The van der Waals surface area contributed by atoms with Crippen LogP contribution in [0.1, 0.15) is 16.1 Å². The summed E-state index contributed by atoms with van der Waals surface area (Å²) in [5, 5.41) is 10.6. The Morgan fingerprint density at radius 3 is 2.86 bits per heavy atom. The molecule has 1 aromatic rings. The predicted molar refractivity (Wildman–Crippen MR) is 84.1 cm³/mol. The molecule has 0 saturated carbocycles. The van der Waals surface area contributed by atoms with E-state index in [9.17, 15) is 9.59 Å². The quantitative estimate of drug-likeness (QED) is 0.658. The topological polar surface area (TPSA) is 79.5 Å². The molecule has 118 valence electrons. The molecule has 1 unspecified atom stereocenters. The fourth-order valence-corrected chi connectivity index (χ4v) is 2.56. The lowest BCUT2D eigenvalue weighted by atomic mass is 10.2. The van der Waals surface area contributed by atoms with Gasteiger partial charge in [0.2, 0.25) is 5.91 Å². The summed E-state index contributed by atoms with van der Waals surface area (Å²) >= 11 is 1.40. The SMILES string of the molecule is Cl.O=C(CC1COCCN1)NCCNC(=O)c1cccs1. The number of hydrogen-bond acceptors (Lipinski definition) is 5. The Balaban J connectivity index is 0.00000220. The minimum absolute atomic E-state index is 0. The van der Waals surface area contributed by atoms with Crippen LogP contribution in [0.25, 0.3) is 0 Å². The molecular formula is C13H20ClN3O3S. The first-order valence-electron chi connectivity index (χ1n) is 6.65. The van der Waals surface area contributed by atoms with Crippen LogP contribution in [-0.2, 0) is 9.53 Å². The van der Waals surface area contributed by atoms with Gasteiger partial charge in [-0.3, -0.25) is 9.59 Å². The molecule has 0 spiro atoms. The molecule has 1 aliphatic rings. The van der Waals surface area contributed by atoms with Gasteiger partial charge < -0.3 is 20.7 Å². The van der Waals surface area contributed by atoms with Crippen molar-refractivity contribution >= 4 is 35.6 Å². The molecule has 1 atom stereocenters. The van der Waals surface area contributed by atoms with E-state index in [1.165, 1.54) is 11.3 Å². The average molecular weight is 334 g/mol. The summed E-state index contributed by atoms with van der Waals surface area (Å²) in [7, 11) is 0. The van der Waals surface area contributed by atoms with Crippen molar-refractivity contribution in [1.29, 1.82) is 0 Å². The second kappa shape index (κ2) is 9.73. The van der Waals surface area contributed by atoms with Crippen LogP contribution in [-0.4, -0.2) is 50.7 Å². The minimum atomic E-state index is -0.100. The molecule has 0 aromatic carbocycles. The summed E-state index contributed by atoms with van der Waals surface area (Å²) in [4.78, 5) is 24.0. The van der Waals surface area contributed by atoms with Gasteiger partial charge in [-0.15, -0.1) is 23.7 Å². The Labute approximate surface area is 134 Å². The van der Waals surface area contributed by atoms with E-state index in [0.717, 1.165) is 6.54 Å². The zero-order valence-electron chi connectivity index (χ0n) is 11.6. The van der Waals surface area contributed by atoms with Gasteiger partial charge in [0.15, 0.2) is 0 Å². The monoisotopic (exact) mass is 333 g/mol. The van der Waals surface area contributed by atoms with Crippen LogP contribution in [0.4, 0.5) is 0 Å². The van der Waals surface area contributed by atoms with Gasteiger partial charge in [-0.05, 0) is 11.4 Å². The number of amides is 2. The molecule has 3 N–H and O–H groups in total. The smallest absolute Gasteiger partial charge is 0.261 e. The van der Waals surface area contributed by atoms with Gasteiger partial charge in [0.05, 0.1) is 18.1 Å². The third-order valence-corrected chi connectivity index (χ3v) is 3.78. The molecule has 2 heterocycles. The van der Waals surface area contributed by atoms with Gasteiger partial charge in [-0.25, -0.2) is 0 Å². The van der Waals surface area contributed by atoms with E-state index < -0.39 is 0 Å². The van der Waals surface area contributed by atoms with Crippen LogP contribution >= 0.6 is 23.7 Å². The number of halogens is 1. The van der Waals surface area contributed by atoms with E-state index in [0.29, 0.717) is 37.6 Å². The molecule has 21 heavy (non-hydrogen) atoms. The fraction of sp³-hybridized carbons (Fsp3) is 0.538. The molecule has 1 aliphatic heterocycles. The Bertz CT molecular complexity index is 436. The molecule has 0 aliphatic carbocycles. The van der Waals surface area contributed by atoms with E-state index in [4.69, 9.17) is 4.74 Å². The van der Waals surface area contributed by atoms with Crippen molar-refractivity contribution in [1.82, 2.24) is 16.0 Å². The zero-order valence-corrected chi connectivity index (χ0v) is 13.2. The van der Waals surface area contributed by atoms with Crippen LogP contribution < -0.4 is 16.0 Å². The standard InChI is InChI=1S/C13H19N3O3S.ClH/c17-12(8-10-9-19-6-5-14-10)15-3-4-16-13(18)11-2-1-7-20-11;/h1-2,7,10,14H,3-6,8-9H2,(H,15,17)(H,16,18);1H. The van der Waals surface area contributed by atoms with Crippen LogP contribution in [0.3, 0.4) is 0 Å². The van der Waals surface area contributed by atoms with Crippen molar-refractivity contribution < 1.29 is 14.3 Å². The summed E-state index contributed by atoms with van der Waals surface area (Å²) in [5.74, 6) is -0.130. The summed E-state index contributed by atoms with van der Waals surface area (Å²) in [5.41, 5.74) is 0. The van der Waals surface area contributed by atoms with Crippen LogP contribution in [0.15, 0.2) is 17.5 Å². The van der Waals surface area contributed by atoms with Crippen LogP contribution in [0, 0.1) is 0 Å². The molecule has 6 nitrogen and oxygen atoms in total. The van der Waals surface area contributed by atoms with E-state index in [2.05, 4.69) is 16.0 Å². The predicted octanol–water partition coefficient (Wildman–Crippen LogP) is 0.394. The van der Waals surface area contributed by atoms with Crippen molar-refractivity contribution in [3.8, 4) is 0 Å². The lowest BCUT2D eigenvalue weighted by Gasteiger charge is -2.23. The molecule has 1 saturated heterocycles. The zero-order chi connectivity index (χ0) is 14.2. The molecule has 2 rings (SSSR count). The number of rotatable bonds is 6. The van der Waals surface area contributed by atoms with E-state index in [1.807, 2.05) is 11.4 Å². The number of morpholine rings is 1. The maximum Gasteiger partial charge on any atom is 0.261 e. The highest BCUT2D eigenvalue weighted by molar-refractivity contribution is 7.12. The molecular weight excluding hydrogens is 314 g/mol. The number of nitrogens with one attached hydrogen (secondary N) is 3. The molecule has 0 bridgehead atoms. The third-order valence-electron chi connectivity index (χ3n) is 2.91. The normalized spacial score (nSPS) is 17.6. The second-order valence-corrected chi connectivity index (χ2v) is 5.46. The van der Waals surface area contributed by atoms with Gasteiger partial charge in [-0.1, -0.05) is 6.07 Å². The fourth-order valence-electron chi connectivity index (χ4n) is 1.92. The number of carbonyl (C=O) groups excluding carboxylic acids is 2. The maximum atomic E-state index is 11.7. The van der Waals surface area contributed by atoms with Gasteiger partial charge in [0.1, 0.15) is 0 Å². The van der Waals surface area contributed by atoms with Crippen LogP contribution in [0.5, 0.6) is 0 Å². The van der Waals surface area contributed by atoms with Crippen LogP contribution in [0.2, 0.25) is 0 Å². The highest BCUT2D eigenvalue weighted by Crippen LogP contribution is 2.07. The van der Waals surface area contributed by atoms with Crippen molar-refractivity contribution in [3.63, 3.8) is 0 Å².